The Bertz CT molecular complexity index is 177. The second kappa shape index (κ2) is 6.31. The summed E-state index contributed by atoms with van der Waals surface area (Å²) in [5, 5.41) is 1.01. The van der Waals surface area contributed by atoms with E-state index in [1.54, 1.807) is 0 Å². The highest BCUT2D eigenvalue weighted by atomic mass is 79.9. The van der Waals surface area contributed by atoms with Crippen LogP contribution in [-0.4, -0.2) is 25.8 Å². The van der Waals surface area contributed by atoms with Crippen LogP contribution in [0.1, 0.15) is 19.3 Å². The zero-order chi connectivity index (χ0) is 8.74. The molecule has 5 heteroatoms. The minimum atomic E-state index is -2.81. The maximum absolute atomic E-state index is 10.6. The Balaban J connectivity index is 3.16. The van der Waals surface area contributed by atoms with E-state index in [1.165, 1.54) is 6.26 Å². The van der Waals surface area contributed by atoms with E-state index in [1.807, 2.05) is 0 Å². The van der Waals surface area contributed by atoms with Crippen molar-refractivity contribution in [2.45, 2.75) is 19.3 Å². The molecule has 0 unspecified atom stereocenters. The molecule has 0 bridgehead atoms. The lowest BCUT2D eigenvalue weighted by Crippen LogP contribution is -1.91. The molecule has 0 amide bonds. The number of rotatable bonds is 6. The average Bonchev–Trinajstić information content (AvgIpc) is 1.85. The summed E-state index contributed by atoms with van der Waals surface area (Å²) in [4.78, 5) is 0. The molecule has 0 aromatic rings. The third kappa shape index (κ3) is 10.8. The van der Waals surface area contributed by atoms with Crippen molar-refractivity contribution >= 4 is 35.6 Å². The number of hydrogen-bond donors (Lipinski definition) is 0. The summed E-state index contributed by atoms with van der Waals surface area (Å²) in [5.41, 5.74) is 0. The Morgan fingerprint density at radius 3 is 2.36 bits per heavy atom. The van der Waals surface area contributed by atoms with Crippen molar-refractivity contribution < 1.29 is 8.42 Å². The van der Waals surface area contributed by atoms with E-state index in [0.29, 0.717) is 0 Å². The van der Waals surface area contributed by atoms with Gasteiger partial charge >= 0.3 is 0 Å². The van der Waals surface area contributed by atoms with E-state index in [9.17, 15) is 8.42 Å². The smallest absolute Gasteiger partial charge is 0.198 e. The van der Waals surface area contributed by atoms with E-state index in [-0.39, 0.29) is 0 Å². The van der Waals surface area contributed by atoms with Crippen molar-refractivity contribution in [1.29, 1.82) is 0 Å². The quantitative estimate of drug-likeness (QED) is 0.418. The molecule has 0 aliphatic rings. The Morgan fingerprint density at radius 2 is 1.91 bits per heavy atom. The minimum Gasteiger partial charge on any atom is -0.218 e. The van der Waals surface area contributed by atoms with Crippen molar-refractivity contribution in [2.75, 3.05) is 17.3 Å². The van der Waals surface area contributed by atoms with Crippen molar-refractivity contribution in [3.8, 4) is 0 Å². The number of halogens is 1. The molecule has 11 heavy (non-hydrogen) atoms. The van der Waals surface area contributed by atoms with Crippen molar-refractivity contribution in [3.63, 3.8) is 0 Å². The third-order valence-electron chi connectivity index (χ3n) is 1.08. The van der Waals surface area contributed by atoms with Gasteiger partial charge in [0.1, 0.15) is 0 Å². The lowest BCUT2D eigenvalue weighted by molar-refractivity contribution is 0.615. The second-order valence-electron chi connectivity index (χ2n) is 2.28. The molecule has 0 radical (unpaired) electrons. The molecule has 2 nitrogen and oxygen atoms in total. The zero-order valence-electron chi connectivity index (χ0n) is 6.55. The van der Waals surface area contributed by atoms with Crippen molar-refractivity contribution in [2.24, 2.45) is 0 Å². The van der Waals surface area contributed by atoms with Crippen LogP contribution in [0.25, 0.3) is 0 Å². The Labute approximate surface area is 80.6 Å². The fraction of sp³-hybridized carbons (Fsp3) is 1.00. The lowest BCUT2D eigenvalue weighted by Gasteiger charge is -1.96. The Hall–Kier alpha value is 0.780. The van der Waals surface area contributed by atoms with Crippen LogP contribution in [0.4, 0.5) is 0 Å². The summed E-state index contributed by atoms with van der Waals surface area (Å²) < 4.78 is 21.2. The normalized spacial score (nSPS) is 11.8. The summed E-state index contributed by atoms with van der Waals surface area (Å²) in [6.45, 7) is 0. The van der Waals surface area contributed by atoms with Gasteiger partial charge < -0.3 is 0 Å². The topological polar surface area (TPSA) is 34.1 Å². The van der Waals surface area contributed by atoms with Gasteiger partial charge in [-0.1, -0.05) is 22.4 Å². The van der Waals surface area contributed by atoms with Gasteiger partial charge in [-0.25, -0.2) is 8.42 Å². The SMILES string of the molecule is CS(=O)(=O)SCCCCCBr. The van der Waals surface area contributed by atoms with E-state index >= 15 is 0 Å². The highest BCUT2D eigenvalue weighted by Crippen LogP contribution is 2.12. The second-order valence-corrected chi connectivity index (χ2v) is 7.64. The van der Waals surface area contributed by atoms with Gasteiger partial charge in [0.15, 0.2) is 8.87 Å². The van der Waals surface area contributed by atoms with Crippen LogP contribution in [0.5, 0.6) is 0 Å². The molecule has 0 aliphatic carbocycles. The fourth-order valence-electron chi connectivity index (χ4n) is 0.584. The highest BCUT2D eigenvalue weighted by molar-refractivity contribution is 9.09. The van der Waals surface area contributed by atoms with Crippen LogP contribution in [0.3, 0.4) is 0 Å². The summed E-state index contributed by atoms with van der Waals surface area (Å²) in [6, 6.07) is 0. The molecular weight excluding hydrogens is 248 g/mol. The zero-order valence-corrected chi connectivity index (χ0v) is 9.77. The lowest BCUT2D eigenvalue weighted by atomic mass is 10.3. The first-order valence-corrected chi connectivity index (χ1v) is 7.98. The molecule has 0 fully saturated rings. The maximum atomic E-state index is 10.6. The molecule has 0 saturated carbocycles. The average molecular weight is 261 g/mol. The molecule has 0 spiro atoms. The molecule has 0 N–H and O–H groups in total. The van der Waals surface area contributed by atoms with E-state index in [0.717, 1.165) is 41.1 Å². The highest BCUT2D eigenvalue weighted by Gasteiger charge is 2.00. The first kappa shape index (κ1) is 11.8. The van der Waals surface area contributed by atoms with Gasteiger partial charge in [0, 0.05) is 17.3 Å². The summed E-state index contributed by atoms with van der Waals surface area (Å²) >= 11 is 3.32. The maximum Gasteiger partial charge on any atom is 0.198 e. The van der Waals surface area contributed by atoms with Crippen LogP contribution in [0.2, 0.25) is 0 Å². The number of hydrogen-bond acceptors (Lipinski definition) is 3. The molecule has 0 heterocycles. The molecule has 0 aromatic heterocycles. The first-order chi connectivity index (χ1) is 5.06. The van der Waals surface area contributed by atoms with Gasteiger partial charge in [0.2, 0.25) is 0 Å². The summed E-state index contributed by atoms with van der Waals surface area (Å²) in [6.07, 6.45) is 4.48. The van der Waals surface area contributed by atoms with Crippen LogP contribution in [0.15, 0.2) is 0 Å². The van der Waals surface area contributed by atoms with Crippen LogP contribution in [0, 0.1) is 0 Å². The number of unbranched alkanes of at least 4 members (excludes halogenated alkanes) is 2. The fourth-order valence-corrected chi connectivity index (χ4v) is 2.87. The van der Waals surface area contributed by atoms with Gasteiger partial charge in [-0.15, -0.1) is 0 Å². The van der Waals surface area contributed by atoms with E-state index in [4.69, 9.17) is 0 Å². The minimum absolute atomic E-state index is 0.728. The number of alkyl halides is 1. The standard InChI is InChI=1S/C6H13BrO2S2/c1-11(8,9)10-6-4-2-3-5-7/h2-6H2,1H3. The Morgan fingerprint density at radius 1 is 1.27 bits per heavy atom. The molecule has 0 atom stereocenters. The van der Waals surface area contributed by atoms with Gasteiger partial charge in [0.05, 0.1) is 0 Å². The summed E-state index contributed by atoms with van der Waals surface area (Å²) in [5.74, 6) is 0.728. The van der Waals surface area contributed by atoms with Crippen LogP contribution in [-0.2, 0) is 8.87 Å². The van der Waals surface area contributed by atoms with E-state index in [2.05, 4.69) is 15.9 Å². The molecule has 0 rings (SSSR count). The molecular formula is C6H13BrO2S2. The van der Waals surface area contributed by atoms with E-state index < -0.39 is 8.87 Å². The molecule has 0 aromatic carbocycles. The predicted molar refractivity (Wildman–Crippen MR) is 54.9 cm³/mol. The van der Waals surface area contributed by atoms with Crippen molar-refractivity contribution in [3.05, 3.63) is 0 Å². The predicted octanol–water partition coefficient (Wildman–Crippen LogP) is 2.24. The molecule has 68 valence electrons. The van der Waals surface area contributed by atoms with Crippen LogP contribution >= 0.6 is 26.7 Å². The Kier molecular flexibility index (Phi) is 6.76. The van der Waals surface area contributed by atoms with Gasteiger partial charge in [0.25, 0.3) is 0 Å². The first-order valence-electron chi connectivity index (χ1n) is 3.46. The monoisotopic (exact) mass is 260 g/mol. The van der Waals surface area contributed by atoms with Gasteiger partial charge in [-0.3, -0.25) is 0 Å². The summed E-state index contributed by atoms with van der Waals surface area (Å²) in [7, 11) is -1.77. The van der Waals surface area contributed by atoms with Gasteiger partial charge in [-0.05, 0) is 23.6 Å². The van der Waals surface area contributed by atoms with Crippen LogP contribution < -0.4 is 0 Å². The molecule has 0 saturated heterocycles. The largest absolute Gasteiger partial charge is 0.218 e. The third-order valence-corrected chi connectivity index (χ3v) is 4.30. The van der Waals surface area contributed by atoms with Gasteiger partial charge in [-0.2, -0.15) is 0 Å². The van der Waals surface area contributed by atoms with Crippen molar-refractivity contribution in [1.82, 2.24) is 0 Å². The molecule has 0 aliphatic heterocycles.